The summed E-state index contributed by atoms with van der Waals surface area (Å²) in [5.41, 5.74) is 2.32. The maximum absolute atomic E-state index is 12.5. The second kappa shape index (κ2) is 10.1. The van der Waals surface area contributed by atoms with Gasteiger partial charge in [0.05, 0.1) is 22.0 Å². The molecule has 4 rings (SSSR count). The van der Waals surface area contributed by atoms with Gasteiger partial charge in [0.25, 0.3) is 11.1 Å². The molecule has 2 heterocycles. The number of aromatic nitrogens is 1. The Balaban J connectivity index is 1.29. The van der Waals surface area contributed by atoms with E-state index >= 15 is 0 Å². The Morgan fingerprint density at radius 2 is 1.84 bits per heavy atom. The molecule has 1 N–H and O–H groups in total. The molecule has 32 heavy (non-hydrogen) atoms. The van der Waals surface area contributed by atoms with E-state index in [1.54, 1.807) is 12.1 Å². The normalized spacial score (nSPS) is 14.9. The molecule has 162 valence electrons. The van der Waals surface area contributed by atoms with Crippen molar-refractivity contribution in [3.63, 3.8) is 0 Å². The van der Waals surface area contributed by atoms with E-state index < -0.39 is 0 Å². The number of hydrogen-bond donors (Lipinski definition) is 1. The van der Waals surface area contributed by atoms with Crippen LogP contribution in [0.1, 0.15) is 11.3 Å². The van der Waals surface area contributed by atoms with Gasteiger partial charge in [0, 0.05) is 24.0 Å². The highest BCUT2D eigenvalue weighted by Crippen LogP contribution is 2.32. The number of benzene rings is 2. The first-order valence-corrected chi connectivity index (χ1v) is 11.8. The Morgan fingerprint density at radius 3 is 2.62 bits per heavy atom. The number of hydrogen-bond acceptors (Lipinski definition) is 6. The molecule has 3 amide bonds. The third kappa shape index (κ3) is 5.27. The standard InChI is InChI=1S/C23H18ClN3O3S2/c24-18-9-5-4-8-17(18)21-26-16(14-31-21)13-20(28)25-10-11-27-22(29)19(32-23(27)30)12-15-6-2-1-3-7-15/h1-9,12,14H,10-11,13H2,(H,25,28)/b19-12-. The molecule has 3 aromatic rings. The summed E-state index contributed by atoms with van der Waals surface area (Å²) in [6.07, 6.45) is 1.80. The van der Waals surface area contributed by atoms with Crippen LogP contribution in [0.2, 0.25) is 5.02 Å². The van der Waals surface area contributed by atoms with Gasteiger partial charge in [-0.05, 0) is 29.5 Å². The Morgan fingerprint density at radius 1 is 1.09 bits per heavy atom. The average molecular weight is 484 g/mol. The number of carbonyl (C=O) groups excluding carboxylic acids is 3. The summed E-state index contributed by atoms with van der Waals surface area (Å²) in [5.74, 6) is -0.574. The molecule has 1 aliphatic rings. The lowest BCUT2D eigenvalue weighted by Gasteiger charge is -2.12. The number of carbonyl (C=O) groups is 3. The zero-order valence-corrected chi connectivity index (χ0v) is 19.2. The molecule has 1 saturated heterocycles. The smallest absolute Gasteiger partial charge is 0.293 e. The predicted octanol–water partition coefficient (Wildman–Crippen LogP) is 4.86. The second-order valence-corrected chi connectivity index (χ2v) is 9.15. The largest absolute Gasteiger partial charge is 0.354 e. The van der Waals surface area contributed by atoms with Gasteiger partial charge in [-0.25, -0.2) is 4.98 Å². The molecule has 1 fully saturated rings. The molecular weight excluding hydrogens is 466 g/mol. The van der Waals surface area contributed by atoms with Crippen LogP contribution in [0.4, 0.5) is 4.79 Å². The first kappa shape index (κ1) is 22.3. The van der Waals surface area contributed by atoms with Crippen molar-refractivity contribution in [2.24, 2.45) is 0 Å². The van der Waals surface area contributed by atoms with E-state index in [9.17, 15) is 14.4 Å². The summed E-state index contributed by atoms with van der Waals surface area (Å²) in [6, 6.07) is 16.8. The Kier molecular flexibility index (Phi) is 7.04. The van der Waals surface area contributed by atoms with Crippen LogP contribution >= 0.6 is 34.7 Å². The SMILES string of the molecule is O=C(Cc1csc(-c2ccccc2Cl)n1)NCCN1C(=O)S/C(=C\c2ccccc2)C1=O. The summed E-state index contributed by atoms with van der Waals surface area (Å²) in [6.45, 7) is 0.293. The fraction of sp³-hybridized carbons (Fsp3) is 0.130. The molecule has 6 nitrogen and oxygen atoms in total. The molecule has 2 aromatic carbocycles. The molecule has 9 heteroatoms. The highest BCUT2D eigenvalue weighted by Gasteiger charge is 2.34. The maximum Gasteiger partial charge on any atom is 0.293 e. The number of rotatable bonds is 7. The van der Waals surface area contributed by atoms with Gasteiger partial charge in [0.15, 0.2) is 0 Å². The van der Waals surface area contributed by atoms with Crippen molar-refractivity contribution in [1.29, 1.82) is 0 Å². The minimum atomic E-state index is -0.345. The molecule has 0 unspecified atom stereocenters. The van der Waals surface area contributed by atoms with Gasteiger partial charge >= 0.3 is 0 Å². The summed E-state index contributed by atoms with van der Waals surface area (Å²) >= 11 is 8.53. The van der Waals surface area contributed by atoms with Crippen LogP contribution in [-0.4, -0.2) is 40.0 Å². The number of thiazole rings is 1. The van der Waals surface area contributed by atoms with Crippen molar-refractivity contribution in [2.75, 3.05) is 13.1 Å². The van der Waals surface area contributed by atoms with E-state index in [-0.39, 0.29) is 36.6 Å². The van der Waals surface area contributed by atoms with Crippen molar-refractivity contribution in [3.05, 3.63) is 81.2 Å². The van der Waals surface area contributed by atoms with Crippen LogP contribution in [-0.2, 0) is 16.0 Å². The van der Waals surface area contributed by atoms with E-state index in [0.29, 0.717) is 15.6 Å². The third-order valence-electron chi connectivity index (χ3n) is 4.63. The summed E-state index contributed by atoms with van der Waals surface area (Å²) in [5, 5.41) is 5.59. The van der Waals surface area contributed by atoms with E-state index in [1.165, 1.54) is 11.3 Å². The Hall–Kier alpha value is -2.94. The summed E-state index contributed by atoms with van der Waals surface area (Å²) < 4.78 is 0. The molecule has 0 atom stereocenters. The lowest BCUT2D eigenvalue weighted by atomic mass is 10.2. The number of imide groups is 1. The fourth-order valence-electron chi connectivity index (χ4n) is 3.07. The lowest BCUT2D eigenvalue weighted by molar-refractivity contribution is -0.124. The molecular formula is C23H18ClN3O3S2. The van der Waals surface area contributed by atoms with E-state index in [2.05, 4.69) is 10.3 Å². The monoisotopic (exact) mass is 483 g/mol. The minimum Gasteiger partial charge on any atom is -0.354 e. The van der Waals surface area contributed by atoms with Crippen LogP contribution in [0.15, 0.2) is 64.9 Å². The molecule has 1 aliphatic heterocycles. The summed E-state index contributed by atoms with van der Waals surface area (Å²) in [4.78, 5) is 43.1. The van der Waals surface area contributed by atoms with Crippen LogP contribution in [0.25, 0.3) is 16.6 Å². The van der Waals surface area contributed by atoms with Crippen LogP contribution < -0.4 is 5.32 Å². The Labute approximate surface area is 198 Å². The molecule has 0 aliphatic carbocycles. The first-order chi connectivity index (χ1) is 15.5. The van der Waals surface area contributed by atoms with E-state index in [0.717, 1.165) is 32.8 Å². The van der Waals surface area contributed by atoms with Gasteiger partial charge < -0.3 is 5.32 Å². The van der Waals surface area contributed by atoms with Crippen molar-refractivity contribution < 1.29 is 14.4 Å². The maximum atomic E-state index is 12.5. The number of amides is 3. The molecule has 0 spiro atoms. The van der Waals surface area contributed by atoms with Gasteiger partial charge in [-0.1, -0.05) is 60.1 Å². The zero-order valence-electron chi connectivity index (χ0n) is 16.8. The first-order valence-electron chi connectivity index (χ1n) is 9.77. The Bertz CT molecular complexity index is 1190. The molecule has 0 saturated carbocycles. The fourth-order valence-corrected chi connectivity index (χ4v) is 5.08. The molecule has 0 bridgehead atoms. The van der Waals surface area contributed by atoms with Gasteiger partial charge in [-0.2, -0.15) is 0 Å². The van der Waals surface area contributed by atoms with Crippen LogP contribution in [0, 0.1) is 0 Å². The van der Waals surface area contributed by atoms with Crippen LogP contribution in [0.3, 0.4) is 0 Å². The van der Waals surface area contributed by atoms with Gasteiger partial charge in [0.2, 0.25) is 5.91 Å². The molecule has 1 aromatic heterocycles. The molecule has 0 radical (unpaired) electrons. The third-order valence-corrected chi connectivity index (χ3v) is 6.79. The van der Waals surface area contributed by atoms with E-state index in [4.69, 9.17) is 11.6 Å². The highest BCUT2D eigenvalue weighted by atomic mass is 35.5. The van der Waals surface area contributed by atoms with Gasteiger partial charge in [-0.3, -0.25) is 19.3 Å². The number of nitrogens with one attached hydrogen (secondary N) is 1. The van der Waals surface area contributed by atoms with Gasteiger partial charge in [0.1, 0.15) is 5.01 Å². The minimum absolute atomic E-state index is 0.108. The summed E-state index contributed by atoms with van der Waals surface area (Å²) in [7, 11) is 0. The number of nitrogens with zero attached hydrogens (tertiary/aromatic N) is 2. The average Bonchev–Trinajstić information content (AvgIpc) is 3.34. The second-order valence-electron chi connectivity index (χ2n) is 6.89. The van der Waals surface area contributed by atoms with Crippen molar-refractivity contribution >= 4 is 57.8 Å². The zero-order chi connectivity index (χ0) is 22.5. The van der Waals surface area contributed by atoms with Gasteiger partial charge in [-0.15, -0.1) is 11.3 Å². The number of halogens is 1. The van der Waals surface area contributed by atoms with Crippen molar-refractivity contribution in [2.45, 2.75) is 6.42 Å². The lowest BCUT2D eigenvalue weighted by Crippen LogP contribution is -2.37. The highest BCUT2D eigenvalue weighted by molar-refractivity contribution is 8.18. The quantitative estimate of drug-likeness (QED) is 0.485. The van der Waals surface area contributed by atoms with E-state index in [1.807, 2.05) is 53.9 Å². The van der Waals surface area contributed by atoms with Crippen molar-refractivity contribution in [3.8, 4) is 10.6 Å². The number of thioether (sulfide) groups is 1. The topological polar surface area (TPSA) is 79.4 Å². The van der Waals surface area contributed by atoms with Crippen LogP contribution in [0.5, 0.6) is 0 Å². The predicted molar refractivity (Wildman–Crippen MR) is 128 cm³/mol. The van der Waals surface area contributed by atoms with Crippen molar-refractivity contribution in [1.82, 2.24) is 15.2 Å².